The molecule has 3 nitrogen and oxygen atoms in total. The quantitative estimate of drug-likeness (QED) is 0.665. The molecule has 1 N–H and O–H groups in total. The molecule has 1 heterocycles. The van der Waals surface area contributed by atoms with Gasteiger partial charge in [-0.25, -0.2) is 0 Å². The summed E-state index contributed by atoms with van der Waals surface area (Å²) in [6.45, 7) is 3.56. The van der Waals surface area contributed by atoms with E-state index in [1.54, 1.807) is 6.92 Å². The Bertz CT molecular complexity index is 205. The van der Waals surface area contributed by atoms with Crippen molar-refractivity contribution in [3.05, 3.63) is 17.5 Å². The van der Waals surface area contributed by atoms with Crippen molar-refractivity contribution in [3.63, 3.8) is 0 Å². The Morgan fingerprint density at radius 1 is 1.80 bits per heavy atom. The fraction of sp³-hybridized carbons (Fsp3) is 0.571. The Kier molecular flexibility index (Phi) is 2.06. The third kappa shape index (κ3) is 1.84. The molecule has 10 heavy (non-hydrogen) atoms. The van der Waals surface area contributed by atoms with E-state index in [1.165, 1.54) is 0 Å². The molecule has 56 valence electrons. The lowest BCUT2D eigenvalue weighted by Gasteiger charge is -1.96. The molecule has 1 rings (SSSR count). The maximum atomic E-state index is 8.93. The molecule has 1 atom stereocenters. The van der Waals surface area contributed by atoms with E-state index in [9.17, 15) is 0 Å². The molecular formula is C7H11NO2. The molecule has 0 bridgehead atoms. The summed E-state index contributed by atoms with van der Waals surface area (Å²) in [6, 6.07) is 1.83. The van der Waals surface area contributed by atoms with Gasteiger partial charge in [0.05, 0.1) is 11.8 Å². The number of aliphatic hydroxyl groups excluding tert-OH is 1. The molecule has 0 aliphatic carbocycles. The molecule has 0 saturated heterocycles. The molecule has 0 amide bonds. The maximum Gasteiger partial charge on any atom is 0.133 e. The molecule has 1 aromatic rings. The van der Waals surface area contributed by atoms with Crippen LogP contribution >= 0.6 is 0 Å². The van der Waals surface area contributed by atoms with Crippen LogP contribution in [-0.4, -0.2) is 16.4 Å². The average Bonchev–Trinajstić information content (AvgIpc) is 2.13. The minimum absolute atomic E-state index is 0.343. The molecular weight excluding hydrogens is 130 g/mol. The second-order valence-electron chi connectivity index (χ2n) is 2.48. The van der Waals surface area contributed by atoms with Gasteiger partial charge < -0.3 is 9.63 Å². The smallest absolute Gasteiger partial charge is 0.133 e. The van der Waals surface area contributed by atoms with Crippen LogP contribution in [0.25, 0.3) is 0 Å². The van der Waals surface area contributed by atoms with Gasteiger partial charge in [-0.3, -0.25) is 0 Å². The zero-order chi connectivity index (χ0) is 7.56. The summed E-state index contributed by atoms with van der Waals surface area (Å²) in [7, 11) is 0. The maximum absolute atomic E-state index is 8.93. The third-order valence-corrected chi connectivity index (χ3v) is 1.18. The van der Waals surface area contributed by atoms with Crippen molar-refractivity contribution >= 4 is 0 Å². The Morgan fingerprint density at radius 3 is 2.90 bits per heavy atom. The average molecular weight is 141 g/mol. The minimum atomic E-state index is -0.343. The highest BCUT2D eigenvalue weighted by atomic mass is 16.5. The molecule has 1 aromatic heterocycles. The number of hydrogen-bond acceptors (Lipinski definition) is 3. The van der Waals surface area contributed by atoms with Crippen molar-refractivity contribution in [2.45, 2.75) is 26.4 Å². The SMILES string of the molecule is Cc1cc(C[C@@H](C)O)no1. The highest BCUT2D eigenvalue weighted by molar-refractivity contribution is 5.04. The zero-order valence-electron chi connectivity index (χ0n) is 6.16. The summed E-state index contributed by atoms with van der Waals surface area (Å²) >= 11 is 0. The lowest BCUT2D eigenvalue weighted by molar-refractivity contribution is 0.192. The van der Waals surface area contributed by atoms with E-state index in [4.69, 9.17) is 9.63 Å². The topological polar surface area (TPSA) is 46.3 Å². The van der Waals surface area contributed by atoms with Crippen molar-refractivity contribution in [1.29, 1.82) is 0 Å². The molecule has 0 radical (unpaired) electrons. The summed E-state index contributed by atoms with van der Waals surface area (Å²) in [4.78, 5) is 0. The van der Waals surface area contributed by atoms with Crippen molar-refractivity contribution in [3.8, 4) is 0 Å². The number of aryl methyl sites for hydroxylation is 1. The number of aliphatic hydroxyl groups is 1. The lowest BCUT2D eigenvalue weighted by atomic mass is 10.2. The van der Waals surface area contributed by atoms with Crippen LogP contribution in [0.5, 0.6) is 0 Å². The Hall–Kier alpha value is -0.830. The molecule has 0 aliphatic rings. The first-order valence-electron chi connectivity index (χ1n) is 3.29. The van der Waals surface area contributed by atoms with Crippen LogP contribution in [0.4, 0.5) is 0 Å². The van der Waals surface area contributed by atoms with Gasteiger partial charge in [-0.15, -0.1) is 0 Å². The first-order chi connectivity index (χ1) is 4.68. The predicted molar refractivity (Wildman–Crippen MR) is 36.6 cm³/mol. The Labute approximate surface area is 59.7 Å². The van der Waals surface area contributed by atoms with Crippen LogP contribution < -0.4 is 0 Å². The first kappa shape index (κ1) is 7.28. The first-order valence-corrected chi connectivity index (χ1v) is 3.29. The predicted octanol–water partition coefficient (Wildman–Crippen LogP) is 0.906. The van der Waals surface area contributed by atoms with Crippen LogP contribution in [0.3, 0.4) is 0 Å². The fourth-order valence-electron chi connectivity index (χ4n) is 0.817. The summed E-state index contributed by atoms with van der Waals surface area (Å²) in [5, 5.41) is 12.7. The second-order valence-corrected chi connectivity index (χ2v) is 2.48. The Balaban J connectivity index is 2.58. The van der Waals surface area contributed by atoms with Gasteiger partial charge >= 0.3 is 0 Å². The van der Waals surface area contributed by atoms with Gasteiger partial charge in [-0.2, -0.15) is 0 Å². The Morgan fingerprint density at radius 2 is 2.50 bits per heavy atom. The van der Waals surface area contributed by atoms with E-state index in [0.29, 0.717) is 6.42 Å². The van der Waals surface area contributed by atoms with Gasteiger partial charge in [0.2, 0.25) is 0 Å². The summed E-state index contributed by atoms with van der Waals surface area (Å²) in [6.07, 6.45) is 0.224. The number of nitrogens with zero attached hydrogens (tertiary/aromatic N) is 1. The van der Waals surface area contributed by atoms with Crippen molar-refractivity contribution < 1.29 is 9.63 Å². The molecule has 0 unspecified atom stereocenters. The van der Waals surface area contributed by atoms with Crippen molar-refractivity contribution in [2.24, 2.45) is 0 Å². The van der Waals surface area contributed by atoms with Crippen LogP contribution in [0.1, 0.15) is 18.4 Å². The molecule has 0 saturated carbocycles. The van der Waals surface area contributed by atoms with Gasteiger partial charge in [0.15, 0.2) is 0 Å². The largest absolute Gasteiger partial charge is 0.393 e. The summed E-state index contributed by atoms with van der Waals surface area (Å²) < 4.78 is 4.80. The fourth-order valence-corrected chi connectivity index (χ4v) is 0.817. The monoisotopic (exact) mass is 141 g/mol. The summed E-state index contributed by atoms with van der Waals surface area (Å²) in [5.41, 5.74) is 0.813. The molecule has 0 aliphatic heterocycles. The molecule has 0 aromatic carbocycles. The van der Waals surface area contributed by atoms with Gasteiger partial charge in [-0.05, 0) is 13.8 Å². The van der Waals surface area contributed by atoms with Crippen molar-refractivity contribution in [2.75, 3.05) is 0 Å². The lowest BCUT2D eigenvalue weighted by Crippen LogP contribution is -2.03. The van der Waals surface area contributed by atoms with E-state index < -0.39 is 0 Å². The van der Waals surface area contributed by atoms with Gasteiger partial charge in [0.1, 0.15) is 5.76 Å². The standard InChI is InChI=1S/C7H11NO2/c1-5(9)3-7-4-6(2)10-8-7/h4-5,9H,3H2,1-2H3/t5-/m1/s1. The van der Waals surface area contributed by atoms with Gasteiger partial charge in [0.25, 0.3) is 0 Å². The zero-order valence-corrected chi connectivity index (χ0v) is 6.16. The van der Waals surface area contributed by atoms with Crippen LogP contribution in [-0.2, 0) is 6.42 Å². The van der Waals surface area contributed by atoms with E-state index in [0.717, 1.165) is 11.5 Å². The van der Waals surface area contributed by atoms with E-state index >= 15 is 0 Å². The van der Waals surface area contributed by atoms with Gasteiger partial charge in [0, 0.05) is 12.5 Å². The van der Waals surface area contributed by atoms with Crippen LogP contribution in [0, 0.1) is 6.92 Å². The molecule has 0 spiro atoms. The number of rotatable bonds is 2. The van der Waals surface area contributed by atoms with Crippen LogP contribution in [0.2, 0.25) is 0 Å². The van der Waals surface area contributed by atoms with E-state index in [-0.39, 0.29) is 6.10 Å². The van der Waals surface area contributed by atoms with Crippen LogP contribution in [0.15, 0.2) is 10.6 Å². The third-order valence-electron chi connectivity index (χ3n) is 1.18. The number of hydrogen-bond donors (Lipinski definition) is 1. The second kappa shape index (κ2) is 2.84. The minimum Gasteiger partial charge on any atom is -0.393 e. The highest BCUT2D eigenvalue weighted by Crippen LogP contribution is 2.03. The molecule has 0 fully saturated rings. The molecule has 3 heteroatoms. The van der Waals surface area contributed by atoms with E-state index in [1.807, 2.05) is 13.0 Å². The summed E-state index contributed by atoms with van der Waals surface area (Å²) in [5.74, 6) is 0.788. The van der Waals surface area contributed by atoms with Gasteiger partial charge in [-0.1, -0.05) is 5.16 Å². The number of aromatic nitrogens is 1. The normalized spacial score (nSPS) is 13.5. The van der Waals surface area contributed by atoms with E-state index in [2.05, 4.69) is 5.16 Å². The van der Waals surface area contributed by atoms with Crippen molar-refractivity contribution in [1.82, 2.24) is 5.16 Å². The highest BCUT2D eigenvalue weighted by Gasteiger charge is 2.02.